The number of aliphatic carboxylic acids is 1. The number of halogens is 1. The number of hydrogen-bond acceptors (Lipinski definition) is 2. The summed E-state index contributed by atoms with van der Waals surface area (Å²) in [5.74, 6) is -1.17. The van der Waals surface area contributed by atoms with Crippen LogP contribution < -0.4 is 0 Å². The van der Waals surface area contributed by atoms with Crippen LogP contribution in [0.3, 0.4) is 0 Å². The van der Waals surface area contributed by atoms with E-state index in [1.807, 2.05) is 19.9 Å². The van der Waals surface area contributed by atoms with Gasteiger partial charge in [0.2, 0.25) is 0 Å². The van der Waals surface area contributed by atoms with Crippen LogP contribution >= 0.6 is 0 Å². The van der Waals surface area contributed by atoms with Gasteiger partial charge in [-0.15, -0.1) is 0 Å². The number of benzene rings is 1. The molecule has 3 nitrogen and oxygen atoms in total. The minimum atomic E-state index is -0.704. The Morgan fingerprint density at radius 1 is 1.53 bits per heavy atom. The van der Waals surface area contributed by atoms with Crippen molar-refractivity contribution >= 4 is 5.97 Å². The van der Waals surface area contributed by atoms with Crippen LogP contribution in [0.4, 0.5) is 4.39 Å². The summed E-state index contributed by atoms with van der Waals surface area (Å²) < 4.78 is 13.3. The van der Waals surface area contributed by atoms with Crippen molar-refractivity contribution in [2.24, 2.45) is 5.92 Å². The Morgan fingerprint density at radius 2 is 2.26 bits per heavy atom. The maximum Gasteiger partial charge on any atom is 0.306 e. The van der Waals surface area contributed by atoms with Gasteiger partial charge in [-0.25, -0.2) is 4.39 Å². The molecular formula is C15H20FNO2. The van der Waals surface area contributed by atoms with Gasteiger partial charge in [0, 0.05) is 12.1 Å². The Kier molecular flexibility index (Phi) is 4.20. The van der Waals surface area contributed by atoms with E-state index in [4.69, 9.17) is 5.11 Å². The van der Waals surface area contributed by atoms with Crippen LogP contribution in [0, 0.1) is 11.7 Å². The average Bonchev–Trinajstić information content (AvgIpc) is 2.37. The SMILES string of the molecule is CC1CC(C(=O)O)CCN1C(C)c1cccc(F)c1. The van der Waals surface area contributed by atoms with Gasteiger partial charge < -0.3 is 5.11 Å². The molecule has 19 heavy (non-hydrogen) atoms. The molecule has 1 heterocycles. The standard InChI is InChI=1S/C15H20FNO2/c1-10-8-13(15(18)19)6-7-17(10)11(2)12-4-3-5-14(16)9-12/h3-5,9-11,13H,6-8H2,1-2H3,(H,18,19). The Balaban J connectivity index is 2.08. The number of rotatable bonds is 3. The van der Waals surface area contributed by atoms with Crippen LogP contribution in [0.5, 0.6) is 0 Å². The Labute approximate surface area is 113 Å². The van der Waals surface area contributed by atoms with Crippen LogP contribution in [0.15, 0.2) is 24.3 Å². The first-order valence-electron chi connectivity index (χ1n) is 6.73. The van der Waals surface area contributed by atoms with Crippen molar-refractivity contribution in [2.45, 2.75) is 38.8 Å². The van der Waals surface area contributed by atoms with Gasteiger partial charge in [-0.05, 0) is 50.9 Å². The fraction of sp³-hybridized carbons (Fsp3) is 0.533. The van der Waals surface area contributed by atoms with Gasteiger partial charge in [0.15, 0.2) is 0 Å². The monoisotopic (exact) mass is 265 g/mol. The third kappa shape index (κ3) is 3.13. The minimum Gasteiger partial charge on any atom is -0.481 e. The normalized spacial score (nSPS) is 26.1. The fourth-order valence-corrected chi connectivity index (χ4v) is 2.95. The van der Waals surface area contributed by atoms with Crippen molar-refractivity contribution in [3.05, 3.63) is 35.6 Å². The van der Waals surface area contributed by atoms with Gasteiger partial charge in [-0.1, -0.05) is 12.1 Å². The number of piperidine rings is 1. The van der Waals surface area contributed by atoms with E-state index in [0.717, 1.165) is 12.1 Å². The van der Waals surface area contributed by atoms with Crippen LogP contribution in [0.2, 0.25) is 0 Å². The molecule has 1 saturated heterocycles. The predicted molar refractivity (Wildman–Crippen MR) is 71.3 cm³/mol. The lowest BCUT2D eigenvalue weighted by molar-refractivity contribution is -0.144. The van der Waals surface area contributed by atoms with Crippen molar-refractivity contribution in [1.29, 1.82) is 0 Å². The van der Waals surface area contributed by atoms with Gasteiger partial charge in [0.05, 0.1) is 5.92 Å². The molecule has 0 aliphatic carbocycles. The molecule has 0 radical (unpaired) electrons. The molecule has 1 aliphatic rings. The van der Waals surface area contributed by atoms with E-state index < -0.39 is 5.97 Å². The van der Waals surface area contributed by atoms with Gasteiger partial charge in [-0.2, -0.15) is 0 Å². The molecule has 1 N–H and O–H groups in total. The van der Waals surface area contributed by atoms with Gasteiger partial charge in [0.1, 0.15) is 5.82 Å². The fourth-order valence-electron chi connectivity index (χ4n) is 2.95. The molecule has 0 saturated carbocycles. The summed E-state index contributed by atoms with van der Waals surface area (Å²) in [5.41, 5.74) is 0.945. The largest absolute Gasteiger partial charge is 0.481 e. The van der Waals surface area contributed by atoms with Gasteiger partial charge in [0.25, 0.3) is 0 Å². The molecular weight excluding hydrogens is 245 g/mol. The van der Waals surface area contributed by atoms with E-state index in [9.17, 15) is 9.18 Å². The number of hydrogen-bond donors (Lipinski definition) is 1. The van der Waals surface area contributed by atoms with E-state index in [2.05, 4.69) is 4.90 Å². The lowest BCUT2D eigenvalue weighted by Crippen LogP contribution is -2.43. The average molecular weight is 265 g/mol. The van der Waals surface area contributed by atoms with Crippen molar-refractivity contribution in [1.82, 2.24) is 4.90 Å². The highest BCUT2D eigenvalue weighted by Gasteiger charge is 2.32. The summed E-state index contributed by atoms with van der Waals surface area (Å²) in [4.78, 5) is 13.3. The Morgan fingerprint density at radius 3 is 2.84 bits per heavy atom. The molecule has 1 aromatic carbocycles. The van der Waals surface area contributed by atoms with Crippen LogP contribution in [-0.2, 0) is 4.79 Å². The lowest BCUT2D eigenvalue weighted by Gasteiger charge is -2.40. The number of carboxylic acid groups (broad SMARTS) is 1. The molecule has 1 fully saturated rings. The molecule has 0 bridgehead atoms. The maximum atomic E-state index is 13.3. The maximum absolute atomic E-state index is 13.3. The summed E-state index contributed by atoms with van der Waals surface area (Å²) in [5, 5.41) is 9.07. The predicted octanol–water partition coefficient (Wildman–Crippen LogP) is 3.07. The summed E-state index contributed by atoms with van der Waals surface area (Å²) >= 11 is 0. The molecule has 3 unspecified atom stereocenters. The Hall–Kier alpha value is -1.42. The molecule has 0 aromatic heterocycles. The van der Waals surface area contributed by atoms with Crippen molar-refractivity contribution in [3.63, 3.8) is 0 Å². The topological polar surface area (TPSA) is 40.5 Å². The van der Waals surface area contributed by atoms with Crippen molar-refractivity contribution < 1.29 is 14.3 Å². The van der Waals surface area contributed by atoms with Gasteiger partial charge in [-0.3, -0.25) is 9.69 Å². The highest BCUT2D eigenvalue weighted by atomic mass is 19.1. The van der Waals surface area contributed by atoms with Crippen molar-refractivity contribution in [3.8, 4) is 0 Å². The first-order chi connectivity index (χ1) is 8.99. The van der Waals surface area contributed by atoms with Crippen LogP contribution in [0.25, 0.3) is 0 Å². The zero-order valence-electron chi connectivity index (χ0n) is 11.3. The summed E-state index contributed by atoms with van der Waals surface area (Å²) in [7, 11) is 0. The first kappa shape index (κ1) is 14.0. The van der Waals surface area contributed by atoms with E-state index in [0.29, 0.717) is 12.8 Å². The van der Waals surface area contributed by atoms with E-state index in [-0.39, 0.29) is 23.8 Å². The van der Waals surface area contributed by atoms with E-state index in [1.165, 1.54) is 6.07 Å². The molecule has 1 aliphatic heterocycles. The number of carboxylic acids is 1. The first-order valence-corrected chi connectivity index (χ1v) is 6.73. The molecule has 104 valence electrons. The molecule has 0 spiro atoms. The molecule has 1 aromatic rings. The van der Waals surface area contributed by atoms with Gasteiger partial charge >= 0.3 is 5.97 Å². The smallest absolute Gasteiger partial charge is 0.306 e. The summed E-state index contributed by atoms with van der Waals surface area (Å²) in [6, 6.07) is 6.95. The van der Waals surface area contributed by atoms with Crippen LogP contribution in [-0.4, -0.2) is 28.6 Å². The molecule has 4 heteroatoms. The third-order valence-corrected chi connectivity index (χ3v) is 4.11. The van der Waals surface area contributed by atoms with Crippen LogP contribution in [0.1, 0.15) is 38.3 Å². The highest BCUT2D eigenvalue weighted by molar-refractivity contribution is 5.70. The molecule has 2 rings (SSSR count). The summed E-state index contributed by atoms with van der Waals surface area (Å²) in [6.45, 7) is 4.84. The zero-order valence-corrected chi connectivity index (χ0v) is 11.3. The zero-order chi connectivity index (χ0) is 14.0. The lowest BCUT2D eigenvalue weighted by atomic mass is 9.89. The van der Waals surface area contributed by atoms with Crippen molar-refractivity contribution in [2.75, 3.05) is 6.54 Å². The quantitative estimate of drug-likeness (QED) is 0.913. The third-order valence-electron chi connectivity index (χ3n) is 4.11. The second-order valence-corrected chi connectivity index (χ2v) is 5.38. The minimum absolute atomic E-state index is 0.112. The number of likely N-dealkylation sites (tertiary alicyclic amines) is 1. The number of nitrogens with zero attached hydrogens (tertiary/aromatic N) is 1. The molecule has 3 atom stereocenters. The number of carbonyl (C=O) groups is 1. The van der Waals surface area contributed by atoms with E-state index >= 15 is 0 Å². The second kappa shape index (κ2) is 5.70. The Bertz CT molecular complexity index is 463. The molecule has 0 amide bonds. The highest BCUT2D eigenvalue weighted by Crippen LogP contribution is 2.31. The second-order valence-electron chi connectivity index (χ2n) is 5.38. The van der Waals surface area contributed by atoms with E-state index in [1.54, 1.807) is 12.1 Å². The summed E-state index contributed by atoms with van der Waals surface area (Å²) in [6.07, 6.45) is 1.33.